The molecule has 0 spiro atoms. The van der Waals surface area contributed by atoms with E-state index in [1.165, 1.54) is 12.5 Å². The summed E-state index contributed by atoms with van der Waals surface area (Å²) >= 11 is 6.76. The summed E-state index contributed by atoms with van der Waals surface area (Å²) in [7, 11) is 0. The van der Waals surface area contributed by atoms with E-state index in [4.69, 9.17) is 21.1 Å². The number of rotatable bonds is 4. The van der Waals surface area contributed by atoms with Crippen LogP contribution in [0.1, 0.15) is 10.4 Å². The van der Waals surface area contributed by atoms with Crippen LogP contribution in [0.5, 0.6) is 0 Å². The van der Waals surface area contributed by atoms with Crippen molar-refractivity contribution in [3.05, 3.63) is 45.3 Å². The van der Waals surface area contributed by atoms with Gasteiger partial charge in [0.2, 0.25) is 0 Å². The molecule has 2 rings (SSSR count). The third-order valence-electron chi connectivity index (χ3n) is 2.07. The zero-order valence-corrected chi connectivity index (χ0v) is 10.6. The number of nitro benzene ring substituents is 1. The maximum Gasteiger partial charge on any atom is 0.337 e. The second-order valence-electron chi connectivity index (χ2n) is 3.27. The molecule has 0 unspecified atom stereocenters. The molecule has 0 amide bonds. The highest BCUT2D eigenvalue weighted by atomic mass is 35.5. The van der Waals surface area contributed by atoms with E-state index in [0.29, 0.717) is 0 Å². The van der Waals surface area contributed by atoms with Crippen molar-refractivity contribution in [1.82, 2.24) is 4.98 Å². The van der Waals surface area contributed by atoms with Crippen LogP contribution in [0.25, 0.3) is 0 Å². The number of aromatic carboxylic acids is 1. The maximum absolute atomic E-state index is 11.1. The molecule has 0 aliphatic carbocycles. The van der Waals surface area contributed by atoms with Crippen molar-refractivity contribution in [2.24, 2.45) is 0 Å². The van der Waals surface area contributed by atoms with Crippen LogP contribution in [0.2, 0.25) is 5.02 Å². The number of halogens is 1. The highest BCUT2D eigenvalue weighted by Gasteiger charge is 2.22. The Kier molecular flexibility index (Phi) is 3.72. The molecular formula is C10H5ClN2O5S. The van der Waals surface area contributed by atoms with Crippen molar-refractivity contribution in [3.63, 3.8) is 0 Å². The molecule has 0 aliphatic heterocycles. The SMILES string of the molecule is O=C(O)c1cc([N+](=O)[O-])cc(Cl)c1Sc1ncco1. The normalized spacial score (nSPS) is 10.4. The first kappa shape index (κ1) is 13.4. The van der Waals surface area contributed by atoms with Gasteiger partial charge in [-0.15, -0.1) is 0 Å². The number of carbonyl (C=O) groups is 1. The molecule has 1 heterocycles. The quantitative estimate of drug-likeness (QED) is 0.683. The summed E-state index contributed by atoms with van der Waals surface area (Å²) in [5.74, 6) is -1.32. The third-order valence-corrected chi connectivity index (χ3v) is 3.50. The number of carboxylic acids is 1. The Balaban J connectivity index is 2.52. The number of hydrogen-bond acceptors (Lipinski definition) is 6. The molecule has 0 aliphatic rings. The molecular weight excluding hydrogens is 296 g/mol. The first-order valence-electron chi connectivity index (χ1n) is 4.77. The number of nitro groups is 1. The smallest absolute Gasteiger partial charge is 0.337 e. The molecule has 1 N–H and O–H groups in total. The van der Waals surface area contributed by atoms with E-state index in [-0.39, 0.29) is 26.4 Å². The monoisotopic (exact) mass is 300 g/mol. The van der Waals surface area contributed by atoms with Crippen molar-refractivity contribution < 1.29 is 19.2 Å². The van der Waals surface area contributed by atoms with Gasteiger partial charge in [0.15, 0.2) is 0 Å². The lowest BCUT2D eigenvalue weighted by atomic mass is 10.2. The number of carboxylic acid groups (broad SMARTS) is 1. The van der Waals surface area contributed by atoms with E-state index >= 15 is 0 Å². The molecule has 1 aromatic heterocycles. The zero-order chi connectivity index (χ0) is 14.0. The number of benzene rings is 1. The minimum Gasteiger partial charge on any atom is -0.478 e. The van der Waals surface area contributed by atoms with Gasteiger partial charge in [-0.05, 0) is 11.8 Å². The average molecular weight is 301 g/mol. The molecule has 0 saturated heterocycles. The summed E-state index contributed by atoms with van der Waals surface area (Å²) in [5, 5.41) is 19.9. The Hall–Kier alpha value is -2.06. The van der Waals surface area contributed by atoms with Crippen LogP contribution in [0, 0.1) is 10.1 Å². The standard InChI is InChI=1S/C10H5ClN2O5S/c11-7-4-5(13(16)17)3-6(9(14)15)8(7)19-10-12-1-2-18-10/h1-4H,(H,14,15). The molecule has 7 nitrogen and oxygen atoms in total. The van der Waals surface area contributed by atoms with Crippen LogP contribution in [0.3, 0.4) is 0 Å². The van der Waals surface area contributed by atoms with Crippen LogP contribution < -0.4 is 0 Å². The summed E-state index contributed by atoms with van der Waals surface area (Å²) in [5.41, 5.74) is -0.665. The summed E-state index contributed by atoms with van der Waals surface area (Å²) in [6, 6.07) is 2.03. The number of oxazole rings is 1. The van der Waals surface area contributed by atoms with Gasteiger partial charge in [-0.3, -0.25) is 10.1 Å². The zero-order valence-electron chi connectivity index (χ0n) is 9.07. The topological polar surface area (TPSA) is 106 Å². The summed E-state index contributed by atoms with van der Waals surface area (Å²) in [6.45, 7) is 0. The highest BCUT2D eigenvalue weighted by molar-refractivity contribution is 7.99. The molecule has 0 fully saturated rings. The van der Waals surface area contributed by atoms with Crippen molar-refractivity contribution >= 4 is 35.0 Å². The fourth-order valence-corrected chi connectivity index (χ4v) is 2.43. The Morgan fingerprint density at radius 3 is 2.79 bits per heavy atom. The van der Waals surface area contributed by atoms with E-state index < -0.39 is 10.9 Å². The summed E-state index contributed by atoms with van der Waals surface area (Å²) in [6.07, 6.45) is 2.71. The van der Waals surface area contributed by atoms with Gasteiger partial charge in [-0.25, -0.2) is 9.78 Å². The predicted octanol–water partition coefficient (Wildman–Crippen LogP) is 3.09. The molecule has 98 valence electrons. The maximum atomic E-state index is 11.1. The fraction of sp³-hybridized carbons (Fsp3) is 0. The largest absolute Gasteiger partial charge is 0.478 e. The van der Waals surface area contributed by atoms with Gasteiger partial charge < -0.3 is 9.52 Å². The van der Waals surface area contributed by atoms with Gasteiger partial charge in [0.25, 0.3) is 10.9 Å². The van der Waals surface area contributed by atoms with Gasteiger partial charge in [-0.1, -0.05) is 11.6 Å². The lowest BCUT2D eigenvalue weighted by Gasteiger charge is -2.05. The Bertz CT molecular complexity index is 644. The van der Waals surface area contributed by atoms with Gasteiger partial charge >= 0.3 is 5.97 Å². The Morgan fingerprint density at radius 1 is 1.53 bits per heavy atom. The van der Waals surface area contributed by atoms with Crippen molar-refractivity contribution in [2.45, 2.75) is 10.1 Å². The number of hydrogen-bond donors (Lipinski definition) is 1. The molecule has 19 heavy (non-hydrogen) atoms. The van der Waals surface area contributed by atoms with Crippen molar-refractivity contribution in [3.8, 4) is 0 Å². The molecule has 0 saturated carbocycles. The molecule has 0 radical (unpaired) electrons. The first-order chi connectivity index (χ1) is 8.99. The third kappa shape index (κ3) is 2.85. The molecule has 9 heteroatoms. The van der Waals surface area contributed by atoms with Gasteiger partial charge in [0, 0.05) is 12.1 Å². The molecule has 0 atom stereocenters. The Labute approximate surface area is 115 Å². The summed E-state index contributed by atoms with van der Waals surface area (Å²) < 4.78 is 4.97. The van der Waals surface area contributed by atoms with Crippen molar-refractivity contribution in [1.29, 1.82) is 0 Å². The average Bonchev–Trinajstić information content (AvgIpc) is 2.83. The second-order valence-corrected chi connectivity index (χ2v) is 4.64. The lowest BCUT2D eigenvalue weighted by molar-refractivity contribution is -0.384. The predicted molar refractivity (Wildman–Crippen MR) is 65.7 cm³/mol. The van der Waals surface area contributed by atoms with Crippen LogP contribution >= 0.6 is 23.4 Å². The van der Waals surface area contributed by atoms with E-state index in [1.54, 1.807) is 0 Å². The molecule has 2 aromatic rings. The number of non-ortho nitro benzene ring substituents is 1. The number of aromatic nitrogens is 1. The van der Waals surface area contributed by atoms with E-state index in [1.807, 2.05) is 0 Å². The lowest BCUT2D eigenvalue weighted by Crippen LogP contribution is -2.01. The van der Waals surface area contributed by atoms with E-state index in [2.05, 4.69) is 4.98 Å². The van der Waals surface area contributed by atoms with Gasteiger partial charge in [-0.2, -0.15) is 0 Å². The van der Waals surface area contributed by atoms with E-state index in [9.17, 15) is 14.9 Å². The minimum atomic E-state index is -1.32. The van der Waals surface area contributed by atoms with Crippen LogP contribution in [0.15, 0.2) is 39.1 Å². The summed E-state index contributed by atoms with van der Waals surface area (Å²) in [4.78, 5) is 25.1. The first-order valence-corrected chi connectivity index (χ1v) is 5.97. The van der Waals surface area contributed by atoms with Crippen molar-refractivity contribution in [2.75, 3.05) is 0 Å². The Morgan fingerprint density at radius 2 is 2.26 bits per heavy atom. The number of nitrogens with zero attached hydrogens (tertiary/aromatic N) is 2. The van der Waals surface area contributed by atoms with Crippen LogP contribution in [0.4, 0.5) is 5.69 Å². The van der Waals surface area contributed by atoms with Gasteiger partial charge in [0.05, 0.1) is 26.6 Å². The van der Waals surface area contributed by atoms with Gasteiger partial charge in [0.1, 0.15) is 6.26 Å². The molecule has 1 aromatic carbocycles. The minimum absolute atomic E-state index is 0.0465. The fourth-order valence-electron chi connectivity index (χ4n) is 1.30. The van der Waals surface area contributed by atoms with Crippen LogP contribution in [-0.4, -0.2) is 21.0 Å². The second kappa shape index (κ2) is 5.29. The highest BCUT2D eigenvalue weighted by Crippen LogP contribution is 2.37. The molecule has 0 bridgehead atoms. The van der Waals surface area contributed by atoms with E-state index in [0.717, 1.165) is 23.9 Å². The van der Waals surface area contributed by atoms with Crippen LogP contribution in [-0.2, 0) is 0 Å².